The van der Waals surface area contributed by atoms with E-state index in [4.69, 9.17) is 9.72 Å². The van der Waals surface area contributed by atoms with Crippen LogP contribution in [0.15, 0.2) is 42.6 Å². The number of ether oxygens (including phenoxy) is 1. The first-order valence-electron chi connectivity index (χ1n) is 15.1. The zero-order chi connectivity index (χ0) is 29.3. The molecular formula is C32H34F4N6O. The second kappa shape index (κ2) is 9.99. The zero-order valence-electron chi connectivity index (χ0n) is 23.6. The average Bonchev–Trinajstić information content (AvgIpc) is 3.68. The van der Waals surface area contributed by atoms with E-state index < -0.39 is 17.6 Å². The van der Waals surface area contributed by atoms with Crippen molar-refractivity contribution in [2.24, 2.45) is 0 Å². The van der Waals surface area contributed by atoms with Gasteiger partial charge in [-0.3, -0.25) is 9.88 Å². The summed E-state index contributed by atoms with van der Waals surface area (Å²) in [6, 6.07) is 9.37. The highest BCUT2D eigenvalue weighted by atomic mass is 19.4. The minimum atomic E-state index is -4.62. The number of hydrogen-bond acceptors (Lipinski definition) is 7. The van der Waals surface area contributed by atoms with E-state index in [1.807, 2.05) is 0 Å². The number of anilines is 1. The number of halogens is 4. The van der Waals surface area contributed by atoms with Crippen LogP contribution in [0.4, 0.5) is 23.4 Å². The number of nitrogens with one attached hydrogen (secondary N) is 1. The first kappa shape index (κ1) is 27.0. The van der Waals surface area contributed by atoms with Gasteiger partial charge in [0.25, 0.3) is 0 Å². The Hall–Kier alpha value is -3.57. The number of hydrogen-bond donors (Lipinski definition) is 1. The Morgan fingerprint density at radius 1 is 1.00 bits per heavy atom. The van der Waals surface area contributed by atoms with E-state index in [0.717, 1.165) is 57.7 Å². The van der Waals surface area contributed by atoms with E-state index in [-0.39, 0.29) is 35.1 Å². The van der Waals surface area contributed by atoms with Gasteiger partial charge in [-0.05, 0) is 63.1 Å². The molecule has 0 saturated carbocycles. The lowest BCUT2D eigenvalue weighted by Gasteiger charge is -2.34. The second-order valence-corrected chi connectivity index (χ2v) is 12.5. The number of pyridine rings is 1. The van der Waals surface area contributed by atoms with Crippen molar-refractivity contribution in [1.82, 2.24) is 25.2 Å². The zero-order valence-corrected chi connectivity index (χ0v) is 23.6. The van der Waals surface area contributed by atoms with E-state index in [2.05, 4.69) is 25.1 Å². The molecule has 2 atom stereocenters. The van der Waals surface area contributed by atoms with Gasteiger partial charge in [0.15, 0.2) is 5.82 Å². The summed E-state index contributed by atoms with van der Waals surface area (Å²) < 4.78 is 65.2. The molecule has 11 heteroatoms. The van der Waals surface area contributed by atoms with Crippen molar-refractivity contribution in [3.05, 3.63) is 54.0 Å². The third-order valence-corrected chi connectivity index (χ3v) is 9.91. The number of rotatable bonds is 5. The molecule has 4 fully saturated rings. The topological polar surface area (TPSA) is 66.4 Å². The highest BCUT2D eigenvalue weighted by Crippen LogP contribution is 2.42. The molecule has 2 bridgehead atoms. The standard InChI is InChI=1S/C32H32F4N6O.H2/c33-26-27(22-7-1-5-19-6-2-8-24(25(19)22)32(34,35)36)37-15-23-28(26)39-30(43-18-31-11-3-13-42(31)14-4-12-31)40-29(23)41-16-20-9-10-21(17-41)38-20;/h1-2,5-8,15,20-21,38H,3-4,9-14,16-18H2;1H. The molecule has 1 N–H and O–H groups in total. The summed E-state index contributed by atoms with van der Waals surface area (Å²) in [4.78, 5) is 18.4. The van der Waals surface area contributed by atoms with E-state index in [1.165, 1.54) is 18.3 Å². The van der Waals surface area contributed by atoms with Crippen molar-refractivity contribution < 1.29 is 23.7 Å². The molecular weight excluding hydrogens is 560 g/mol. The maximum absolute atomic E-state index is 16.6. The molecule has 4 aliphatic heterocycles. The predicted octanol–water partition coefficient (Wildman–Crippen LogP) is 6.20. The number of benzene rings is 2. The van der Waals surface area contributed by atoms with Gasteiger partial charge in [-0.15, -0.1) is 0 Å². The van der Waals surface area contributed by atoms with E-state index in [0.29, 0.717) is 48.4 Å². The lowest BCUT2D eigenvalue weighted by Crippen LogP contribution is -2.51. The smallest absolute Gasteiger partial charge is 0.417 e. The van der Waals surface area contributed by atoms with Crippen molar-refractivity contribution in [1.29, 1.82) is 0 Å². The molecule has 6 heterocycles. The summed E-state index contributed by atoms with van der Waals surface area (Å²) in [5.74, 6) is -0.229. The third kappa shape index (κ3) is 4.50. The van der Waals surface area contributed by atoms with Crippen LogP contribution in [0.3, 0.4) is 0 Å². The molecule has 0 amide bonds. The van der Waals surface area contributed by atoms with Crippen molar-refractivity contribution in [3.63, 3.8) is 0 Å². The second-order valence-electron chi connectivity index (χ2n) is 12.5. The fourth-order valence-electron chi connectivity index (χ4n) is 7.92. The van der Waals surface area contributed by atoms with E-state index >= 15 is 4.39 Å². The summed E-state index contributed by atoms with van der Waals surface area (Å²) >= 11 is 0. The summed E-state index contributed by atoms with van der Waals surface area (Å²) in [6.07, 6.45) is 3.32. The fraction of sp³-hybridized carbons (Fsp3) is 0.469. The van der Waals surface area contributed by atoms with Gasteiger partial charge in [-0.25, -0.2) is 4.39 Å². The average molecular weight is 595 g/mol. The molecule has 4 aliphatic rings. The molecule has 226 valence electrons. The van der Waals surface area contributed by atoms with E-state index in [1.54, 1.807) is 18.2 Å². The van der Waals surface area contributed by atoms with Gasteiger partial charge in [0.05, 0.1) is 16.5 Å². The van der Waals surface area contributed by atoms with Crippen LogP contribution in [0.25, 0.3) is 32.9 Å². The SMILES string of the molecule is Fc1c(-c2cccc3cccc(C(F)(F)F)c23)ncc2c(N3CC4CCC(C3)N4)nc(OCC34CCCN3CCC4)nc12.[HH]. The summed E-state index contributed by atoms with van der Waals surface area (Å²) in [5, 5.41) is 4.30. The Kier molecular flexibility index (Phi) is 6.27. The van der Waals surface area contributed by atoms with Gasteiger partial charge in [-0.1, -0.05) is 30.3 Å². The van der Waals surface area contributed by atoms with Crippen LogP contribution in [0.1, 0.15) is 45.5 Å². The Balaban J connectivity index is 0.00000312. The molecule has 43 heavy (non-hydrogen) atoms. The van der Waals surface area contributed by atoms with Gasteiger partial charge >= 0.3 is 12.2 Å². The molecule has 0 radical (unpaired) electrons. The normalized spacial score (nSPS) is 23.4. The maximum atomic E-state index is 16.6. The lowest BCUT2D eigenvalue weighted by molar-refractivity contribution is -0.136. The number of nitrogens with zero attached hydrogens (tertiary/aromatic N) is 5. The Bertz CT molecular complexity index is 1710. The molecule has 7 nitrogen and oxygen atoms in total. The quantitative estimate of drug-likeness (QED) is 0.276. The molecule has 2 aromatic heterocycles. The monoisotopic (exact) mass is 594 g/mol. The van der Waals surface area contributed by atoms with Crippen LogP contribution in [-0.2, 0) is 6.18 Å². The Labute approximate surface area is 247 Å². The van der Waals surface area contributed by atoms with Crippen molar-refractivity contribution >= 4 is 27.5 Å². The lowest BCUT2D eigenvalue weighted by atomic mass is 9.95. The number of fused-ring (bicyclic) bond motifs is 5. The minimum Gasteiger partial charge on any atom is -0.461 e. The first-order valence-corrected chi connectivity index (χ1v) is 15.1. The minimum absolute atomic E-state index is 0. The Morgan fingerprint density at radius 3 is 2.44 bits per heavy atom. The van der Waals surface area contributed by atoms with Crippen LogP contribution in [-0.4, -0.2) is 70.3 Å². The third-order valence-electron chi connectivity index (χ3n) is 9.91. The number of aromatic nitrogens is 3. The fourth-order valence-corrected chi connectivity index (χ4v) is 7.92. The molecule has 2 unspecified atom stereocenters. The summed E-state index contributed by atoms with van der Waals surface area (Å²) in [5.41, 5.74) is -0.987. The van der Waals surface area contributed by atoms with Gasteiger partial charge in [0.2, 0.25) is 0 Å². The van der Waals surface area contributed by atoms with Crippen molar-refractivity contribution in [3.8, 4) is 17.3 Å². The van der Waals surface area contributed by atoms with Gasteiger partial charge in [-0.2, -0.15) is 23.1 Å². The molecule has 4 aromatic rings. The molecule has 2 aromatic carbocycles. The molecule has 0 aliphatic carbocycles. The molecule has 0 spiro atoms. The van der Waals surface area contributed by atoms with Gasteiger partial charge in [0, 0.05) is 43.7 Å². The number of alkyl halides is 3. The van der Waals surface area contributed by atoms with E-state index in [9.17, 15) is 13.2 Å². The highest BCUT2D eigenvalue weighted by molar-refractivity contribution is 6.01. The van der Waals surface area contributed by atoms with Gasteiger partial charge < -0.3 is 15.0 Å². The van der Waals surface area contributed by atoms with Crippen molar-refractivity contribution in [2.45, 2.75) is 62.3 Å². The number of piperazine rings is 1. The highest BCUT2D eigenvalue weighted by Gasteiger charge is 2.45. The van der Waals surface area contributed by atoms with Crippen LogP contribution < -0.4 is 15.0 Å². The Morgan fingerprint density at radius 2 is 1.72 bits per heavy atom. The van der Waals surface area contributed by atoms with Crippen LogP contribution >= 0.6 is 0 Å². The van der Waals surface area contributed by atoms with Crippen LogP contribution in [0.2, 0.25) is 0 Å². The van der Waals surface area contributed by atoms with Crippen LogP contribution in [0, 0.1) is 5.82 Å². The summed E-state index contributed by atoms with van der Waals surface area (Å²) in [6.45, 7) is 3.93. The summed E-state index contributed by atoms with van der Waals surface area (Å²) in [7, 11) is 0. The van der Waals surface area contributed by atoms with Crippen LogP contribution in [0.5, 0.6) is 6.01 Å². The van der Waals surface area contributed by atoms with Crippen molar-refractivity contribution in [2.75, 3.05) is 37.7 Å². The van der Waals surface area contributed by atoms with Gasteiger partial charge in [0.1, 0.15) is 23.6 Å². The molecule has 4 saturated heterocycles. The molecule has 8 rings (SSSR count). The maximum Gasteiger partial charge on any atom is 0.417 e. The largest absolute Gasteiger partial charge is 0.461 e. The predicted molar refractivity (Wildman–Crippen MR) is 158 cm³/mol. The first-order chi connectivity index (χ1) is 20.8.